The van der Waals surface area contributed by atoms with Crippen molar-refractivity contribution in [3.05, 3.63) is 15.6 Å². The minimum atomic E-state index is -0.858. The number of urea groups is 1. The highest BCUT2D eigenvalue weighted by Gasteiger charge is 2.16. The van der Waals surface area contributed by atoms with Crippen molar-refractivity contribution in [2.75, 3.05) is 6.54 Å². The summed E-state index contributed by atoms with van der Waals surface area (Å²) in [6, 6.07) is -0.406. The quantitative estimate of drug-likeness (QED) is 0.751. The van der Waals surface area contributed by atoms with Crippen LogP contribution in [0.15, 0.2) is 0 Å². The van der Waals surface area contributed by atoms with E-state index in [0.29, 0.717) is 6.54 Å². The molecule has 7 heteroatoms. The zero-order valence-electron chi connectivity index (χ0n) is 12.2. The number of carboxylic acids is 1. The highest BCUT2D eigenvalue weighted by atomic mass is 32.1. The fourth-order valence-corrected chi connectivity index (χ4v) is 2.83. The van der Waals surface area contributed by atoms with E-state index in [9.17, 15) is 9.59 Å². The number of aromatic nitrogens is 1. The molecule has 2 atom stereocenters. The Balaban J connectivity index is 2.42. The molecule has 0 radical (unpaired) electrons. The maximum absolute atomic E-state index is 11.7. The van der Waals surface area contributed by atoms with Gasteiger partial charge in [-0.05, 0) is 26.7 Å². The first-order valence-corrected chi connectivity index (χ1v) is 7.31. The third-order valence-electron chi connectivity index (χ3n) is 2.81. The second-order valence-corrected chi connectivity index (χ2v) is 6.20. The van der Waals surface area contributed by atoms with Crippen molar-refractivity contribution >= 4 is 23.3 Å². The Labute approximate surface area is 122 Å². The van der Waals surface area contributed by atoms with Crippen molar-refractivity contribution in [2.24, 2.45) is 5.92 Å². The third-order valence-corrected chi connectivity index (χ3v) is 4.07. The van der Waals surface area contributed by atoms with E-state index >= 15 is 0 Å². The van der Waals surface area contributed by atoms with Crippen molar-refractivity contribution in [3.8, 4) is 0 Å². The molecule has 1 aromatic heterocycles. The molecule has 6 nitrogen and oxygen atoms in total. The van der Waals surface area contributed by atoms with Crippen LogP contribution in [0.25, 0.3) is 0 Å². The van der Waals surface area contributed by atoms with Gasteiger partial charge in [-0.2, -0.15) is 0 Å². The number of rotatable bonds is 6. The van der Waals surface area contributed by atoms with Crippen LogP contribution in [-0.4, -0.2) is 28.6 Å². The van der Waals surface area contributed by atoms with Crippen LogP contribution in [-0.2, 0) is 4.79 Å². The van der Waals surface area contributed by atoms with Gasteiger partial charge in [0.2, 0.25) is 0 Å². The number of aryl methyl sites for hydroxylation is 2. The molecule has 1 aromatic rings. The molecule has 3 N–H and O–H groups in total. The standard InChI is InChI=1S/C13H21N3O3S/c1-7(5-11(17)18)6-14-13(19)16-9(3)12-8(2)15-10(4)20-12/h7,9H,5-6H2,1-4H3,(H,17,18)(H2,14,16,19). The Hall–Kier alpha value is -1.63. The third kappa shape index (κ3) is 5.16. The number of amides is 2. The average molecular weight is 299 g/mol. The van der Waals surface area contributed by atoms with E-state index in [2.05, 4.69) is 15.6 Å². The molecule has 1 heterocycles. The minimum Gasteiger partial charge on any atom is -0.481 e. The number of nitrogens with zero attached hydrogens (tertiary/aromatic N) is 1. The molecule has 112 valence electrons. The predicted molar refractivity (Wildman–Crippen MR) is 78.0 cm³/mol. The summed E-state index contributed by atoms with van der Waals surface area (Å²) >= 11 is 1.57. The van der Waals surface area contributed by atoms with E-state index in [-0.39, 0.29) is 24.4 Å². The van der Waals surface area contributed by atoms with Gasteiger partial charge in [-0.1, -0.05) is 6.92 Å². The number of aliphatic carboxylic acids is 1. The van der Waals surface area contributed by atoms with Crippen LogP contribution < -0.4 is 10.6 Å². The van der Waals surface area contributed by atoms with E-state index in [1.807, 2.05) is 20.8 Å². The lowest BCUT2D eigenvalue weighted by Gasteiger charge is -2.15. The van der Waals surface area contributed by atoms with Crippen molar-refractivity contribution in [1.29, 1.82) is 0 Å². The molecule has 2 unspecified atom stereocenters. The van der Waals surface area contributed by atoms with Gasteiger partial charge in [0, 0.05) is 17.8 Å². The number of carbonyl (C=O) groups is 2. The molecule has 0 saturated carbocycles. The Bertz CT molecular complexity index is 487. The van der Waals surface area contributed by atoms with E-state index in [1.54, 1.807) is 18.3 Å². The van der Waals surface area contributed by atoms with Gasteiger partial charge < -0.3 is 15.7 Å². The Morgan fingerprint density at radius 3 is 2.50 bits per heavy atom. The molecule has 2 amide bonds. The normalized spacial score (nSPS) is 13.6. The highest BCUT2D eigenvalue weighted by Crippen LogP contribution is 2.24. The number of nitrogens with one attached hydrogen (secondary N) is 2. The zero-order chi connectivity index (χ0) is 15.3. The lowest BCUT2D eigenvalue weighted by Crippen LogP contribution is -2.39. The molecule has 0 aliphatic carbocycles. The number of carboxylic acid groups (broad SMARTS) is 1. The molecule has 0 saturated heterocycles. The maximum Gasteiger partial charge on any atom is 0.315 e. The van der Waals surface area contributed by atoms with Gasteiger partial charge in [-0.25, -0.2) is 9.78 Å². The molecule has 0 bridgehead atoms. The summed E-state index contributed by atoms with van der Waals surface area (Å²) in [6.07, 6.45) is 0.0446. The second-order valence-electron chi connectivity index (χ2n) is 4.96. The summed E-state index contributed by atoms with van der Waals surface area (Å²) in [5.41, 5.74) is 0.930. The number of hydrogen-bond acceptors (Lipinski definition) is 4. The molecule has 1 rings (SSSR count). The van der Waals surface area contributed by atoms with Crippen molar-refractivity contribution in [3.63, 3.8) is 0 Å². The summed E-state index contributed by atoms with van der Waals surface area (Å²) in [6.45, 7) is 7.88. The SMILES string of the molecule is Cc1nc(C)c(C(C)NC(=O)NCC(C)CC(=O)O)s1. The van der Waals surface area contributed by atoms with E-state index in [0.717, 1.165) is 15.6 Å². The van der Waals surface area contributed by atoms with Gasteiger partial charge in [0.1, 0.15) is 0 Å². The van der Waals surface area contributed by atoms with Crippen molar-refractivity contribution in [2.45, 2.75) is 40.2 Å². The summed E-state index contributed by atoms with van der Waals surface area (Å²) in [5.74, 6) is -0.954. The number of carbonyl (C=O) groups excluding carboxylic acids is 1. The van der Waals surface area contributed by atoms with Crippen LogP contribution in [0.4, 0.5) is 4.79 Å². The number of thiazole rings is 1. The molecule has 20 heavy (non-hydrogen) atoms. The predicted octanol–water partition coefficient (Wildman–Crippen LogP) is 2.23. The molecular weight excluding hydrogens is 278 g/mol. The van der Waals surface area contributed by atoms with Gasteiger partial charge in [0.25, 0.3) is 0 Å². The van der Waals surface area contributed by atoms with E-state index < -0.39 is 5.97 Å². The van der Waals surface area contributed by atoms with Crippen LogP contribution >= 0.6 is 11.3 Å². The Kier molecular flexibility index (Phi) is 5.94. The topological polar surface area (TPSA) is 91.3 Å². The lowest BCUT2D eigenvalue weighted by molar-refractivity contribution is -0.137. The smallest absolute Gasteiger partial charge is 0.315 e. The molecular formula is C13H21N3O3S. The Morgan fingerprint density at radius 1 is 1.35 bits per heavy atom. The summed E-state index contributed by atoms with van der Waals surface area (Å²) in [7, 11) is 0. The van der Waals surface area contributed by atoms with Crippen molar-refractivity contribution < 1.29 is 14.7 Å². The highest BCUT2D eigenvalue weighted by molar-refractivity contribution is 7.11. The van der Waals surface area contributed by atoms with E-state index in [4.69, 9.17) is 5.11 Å². The molecule has 0 aliphatic rings. The molecule has 0 aliphatic heterocycles. The molecule has 0 aromatic carbocycles. The van der Waals surface area contributed by atoms with E-state index in [1.165, 1.54) is 0 Å². The second kappa shape index (κ2) is 7.23. The van der Waals surface area contributed by atoms with Gasteiger partial charge in [-0.15, -0.1) is 11.3 Å². The first-order chi connectivity index (χ1) is 9.29. The average Bonchev–Trinajstić information content (AvgIpc) is 2.65. The van der Waals surface area contributed by atoms with Crippen molar-refractivity contribution in [1.82, 2.24) is 15.6 Å². The van der Waals surface area contributed by atoms with Gasteiger partial charge in [-0.3, -0.25) is 4.79 Å². The zero-order valence-corrected chi connectivity index (χ0v) is 13.0. The minimum absolute atomic E-state index is 0.0446. The Morgan fingerprint density at radius 2 is 2.00 bits per heavy atom. The van der Waals surface area contributed by atoms with Crippen LogP contribution in [0, 0.1) is 19.8 Å². The van der Waals surface area contributed by atoms with Gasteiger partial charge in [0.05, 0.1) is 16.7 Å². The lowest BCUT2D eigenvalue weighted by atomic mass is 10.1. The van der Waals surface area contributed by atoms with Crippen LogP contribution in [0.2, 0.25) is 0 Å². The fourth-order valence-electron chi connectivity index (χ4n) is 1.90. The summed E-state index contributed by atoms with van der Waals surface area (Å²) in [5, 5.41) is 15.1. The maximum atomic E-state index is 11.7. The van der Waals surface area contributed by atoms with Gasteiger partial charge >= 0.3 is 12.0 Å². The first kappa shape index (κ1) is 16.4. The van der Waals surface area contributed by atoms with Gasteiger partial charge in [0.15, 0.2) is 0 Å². The monoisotopic (exact) mass is 299 g/mol. The summed E-state index contributed by atoms with van der Waals surface area (Å²) in [4.78, 5) is 27.6. The van der Waals surface area contributed by atoms with Crippen LogP contribution in [0.5, 0.6) is 0 Å². The largest absolute Gasteiger partial charge is 0.481 e. The van der Waals surface area contributed by atoms with Crippen LogP contribution in [0.3, 0.4) is 0 Å². The number of hydrogen-bond donors (Lipinski definition) is 3. The first-order valence-electron chi connectivity index (χ1n) is 6.49. The van der Waals surface area contributed by atoms with Crippen LogP contribution in [0.1, 0.15) is 41.9 Å². The molecule has 0 spiro atoms. The molecule has 0 fully saturated rings. The fraction of sp³-hybridized carbons (Fsp3) is 0.615. The summed E-state index contributed by atoms with van der Waals surface area (Å²) < 4.78 is 0.